The second-order valence-electron chi connectivity index (χ2n) is 5.93. The summed E-state index contributed by atoms with van der Waals surface area (Å²) in [4.78, 5) is 20.8. The molecule has 28 heavy (non-hydrogen) atoms. The average Bonchev–Trinajstić information content (AvgIpc) is 2.68. The number of hydrogen-bond acceptors (Lipinski definition) is 7. The summed E-state index contributed by atoms with van der Waals surface area (Å²) in [5, 5.41) is 8.65. The molecule has 3 N–H and O–H groups in total. The van der Waals surface area contributed by atoms with E-state index in [9.17, 15) is 13.2 Å². The van der Waals surface area contributed by atoms with Crippen LogP contribution >= 0.6 is 0 Å². The first-order valence-corrected chi connectivity index (χ1v) is 10.2. The molecule has 8 nitrogen and oxygen atoms in total. The summed E-state index contributed by atoms with van der Waals surface area (Å²) in [6.45, 7) is 0. The lowest BCUT2D eigenvalue weighted by molar-refractivity contribution is 0.0963. The molecule has 0 unspecified atom stereocenters. The Hall–Kier alpha value is -3.46. The molecule has 0 fully saturated rings. The van der Waals surface area contributed by atoms with E-state index in [2.05, 4.69) is 25.9 Å². The first-order chi connectivity index (χ1) is 13.4. The van der Waals surface area contributed by atoms with Crippen molar-refractivity contribution >= 4 is 38.8 Å². The molecule has 2 aromatic heterocycles. The van der Waals surface area contributed by atoms with Gasteiger partial charge in [-0.1, -0.05) is 18.2 Å². The zero-order valence-corrected chi connectivity index (χ0v) is 16.1. The van der Waals surface area contributed by atoms with E-state index in [0.29, 0.717) is 23.0 Å². The standard InChI is InChI=1S/C19H19N5O3S/c1-20-19(25)13-12-22-18(24-17-9-5-6-10-21-17)11-15(13)23-14-7-3-4-8-16(14)28(2,26)27/h3-12H,1-2H3,(H,20,25)(H2,21,22,23,24). The molecule has 0 atom stereocenters. The Bertz CT molecular complexity index is 1100. The zero-order chi connectivity index (χ0) is 20.1. The van der Waals surface area contributed by atoms with Gasteiger partial charge in [0.25, 0.3) is 5.91 Å². The van der Waals surface area contributed by atoms with Crippen LogP contribution in [0.4, 0.5) is 23.0 Å². The number of nitrogens with one attached hydrogen (secondary N) is 3. The molecule has 0 saturated carbocycles. The second kappa shape index (κ2) is 8.05. The van der Waals surface area contributed by atoms with Crippen molar-refractivity contribution in [1.82, 2.24) is 15.3 Å². The summed E-state index contributed by atoms with van der Waals surface area (Å²) in [7, 11) is -1.94. The first kappa shape index (κ1) is 19.3. The fourth-order valence-corrected chi connectivity index (χ4v) is 3.39. The summed E-state index contributed by atoms with van der Waals surface area (Å²) in [5.74, 6) is 0.687. The van der Waals surface area contributed by atoms with Crippen molar-refractivity contribution in [2.24, 2.45) is 0 Å². The largest absolute Gasteiger partial charge is 0.355 e. The third kappa shape index (κ3) is 4.44. The average molecular weight is 397 g/mol. The number of carbonyl (C=O) groups excluding carboxylic acids is 1. The fourth-order valence-electron chi connectivity index (χ4n) is 2.55. The molecular formula is C19H19N5O3S. The number of rotatable bonds is 6. The number of aromatic nitrogens is 2. The minimum absolute atomic E-state index is 0.133. The number of para-hydroxylation sites is 1. The molecule has 1 aromatic carbocycles. The Labute approximate surface area is 163 Å². The van der Waals surface area contributed by atoms with E-state index in [0.717, 1.165) is 6.26 Å². The summed E-state index contributed by atoms with van der Waals surface area (Å²) < 4.78 is 24.1. The van der Waals surface area contributed by atoms with Crippen molar-refractivity contribution in [2.75, 3.05) is 23.9 Å². The van der Waals surface area contributed by atoms with E-state index in [1.807, 2.05) is 6.07 Å². The highest BCUT2D eigenvalue weighted by atomic mass is 32.2. The molecule has 0 bridgehead atoms. The summed E-state index contributed by atoms with van der Waals surface area (Å²) in [6.07, 6.45) is 4.19. The highest BCUT2D eigenvalue weighted by Crippen LogP contribution is 2.28. The lowest BCUT2D eigenvalue weighted by Gasteiger charge is -2.15. The Morgan fingerprint density at radius 2 is 1.68 bits per heavy atom. The number of sulfone groups is 1. The smallest absolute Gasteiger partial charge is 0.254 e. The lowest BCUT2D eigenvalue weighted by atomic mass is 10.2. The van der Waals surface area contributed by atoms with Crippen LogP contribution in [0.1, 0.15) is 10.4 Å². The quantitative estimate of drug-likeness (QED) is 0.586. The third-order valence-corrected chi connectivity index (χ3v) is 5.01. The Kier molecular flexibility index (Phi) is 5.55. The van der Waals surface area contributed by atoms with Crippen molar-refractivity contribution in [2.45, 2.75) is 4.90 Å². The number of amides is 1. The minimum Gasteiger partial charge on any atom is -0.355 e. The van der Waals surface area contributed by atoms with Gasteiger partial charge in [-0.05, 0) is 24.3 Å². The van der Waals surface area contributed by atoms with Gasteiger partial charge in [0.2, 0.25) is 0 Å². The second-order valence-corrected chi connectivity index (χ2v) is 7.91. The number of benzene rings is 1. The molecule has 0 aliphatic heterocycles. The SMILES string of the molecule is CNC(=O)c1cnc(Nc2ccccn2)cc1Nc1ccccc1S(C)(=O)=O. The minimum atomic E-state index is -3.46. The van der Waals surface area contributed by atoms with Crippen molar-refractivity contribution in [1.29, 1.82) is 0 Å². The fraction of sp³-hybridized carbons (Fsp3) is 0.105. The lowest BCUT2D eigenvalue weighted by Crippen LogP contribution is -2.20. The predicted molar refractivity (Wildman–Crippen MR) is 108 cm³/mol. The Morgan fingerprint density at radius 1 is 0.929 bits per heavy atom. The van der Waals surface area contributed by atoms with E-state index in [-0.39, 0.29) is 16.4 Å². The predicted octanol–water partition coefficient (Wildman–Crippen LogP) is 2.73. The molecule has 0 saturated heterocycles. The van der Waals surface area contributed by atoms with Gasteiger partial charge in [-0.2, -0.15) is 0 Å². The summed E-state index contributed by atoms with van der Waals surface area (Å²) in [5.41, 5.74) is 1.05. The van der Waals surface area contributed by atoms with Gasteiger partial charge in [0.1, 0.15) is 11.6 Å². The van der Waals surface area contributed by atoms with Gasteiger partial charge in [-0.3, -0.25) is 4.79 Å². The van der Waals surface area contributed by atoms with E-state index < -0.39 is 9.84 Å². The van der Waals surface area contributed by atoms with Gasteiger partial charge in [-0.25, -0.2) is 18.4 Å². The summed E-state index contributed by atoms with van der Waals surface area (Å²) in [6, 6.07) is 13.5. The first-order valence-electron chi connectivity index (χ1n) is 8.35. The van der Waals surface area contributed by atoms with Gasteiger partial charge >= 0.3 is 0 Å². The molecule has 1 amide bonds. The zero-order valence-electron chi connectivity index (χ0n) is 15.3. The maximum atomic E-state index is 12.2. The van der Waals surface area contributed by atoms with Crippen LogP contribution in [0, 0.1) is 0 Å². The molecule has 2 heterocycles. The van der Waals surface area contributed by atoms with Crippen LogP contribution < -0.4 is 16.0 Å². The molecule has 0 spiro atoms. The van der Waals surface area contributed by atoms with Crippen molar-refractivity contribution < 1.29 is 13.2 Å². The van der Waals surface area contributed by atoms with Crippen LogP contribution in [0.2, 0.25) is 0 Å². The maximum absolute atomic E-state index is 12.2. The van der Waals surface area contributed by atoms with Crippen LogP contribution in [0.15, 0.2) is 65.8 Å². The normalized spacial score (nSPS) is 10.9. The number of hydrogen-bond donors (Lipinski definition) is 3. The van der Waals surface area contributed by atoms with E-state index in [1.165, 1.54) is 19.3 Å². The number of anilines is 4. The van der Waals surface area contributed by atoms with Gasteiger partial charge < -0.3 is 16.0 Å². The summed E-state index contributed by atoms with van der Waals surface area (Å²) >= 11 is 0. The number of pyridine rings is 2. The van der Waals surface area contributed by atoms with Crippen molar-refractivity contribution in [3.05, 3.63) is 66.5 Å². The van der Waals surface area contributed by atoms with Crippen LogP contribution in [0.25, 0.3) is 0 Å². The van der Waals surface area contributed by atoms with Crippen LogP contribution in [0.5, 0.6) is 0 Å². The van der Waals surface area contributed by atoms with Crippen molar-refractivity contribution in [3.63, 3.8) is 0 Å². The molecule has 3 rings (SSSR count). The van der Waals surface area contributed by atoms with Crippen molar-refractivity contribution in [3.8, 4) is 0 Å². The molecule has 3 aromatic rings. The van der Waals surface area contributed by atoms with Gasteiger partial charge in [0, 0.05) is 31.8 Å². The number of nitrogens with zero attached hydrogens (tertiary/aromatic N) is 2. The van der Waals surface area contributed by atoms with Gasteiger partial charge in [-0.15, -0.1) is 0 Å². The highest BCUT2D eigenvalue weighted by Gasteiger charge is 2.17. The molecule has 9 heteroatoms. The third-order valence-electron chi connectivity index (χ3n) is 3.85. The van der Waals surface area contributed by atoms with Crippen LogP contribution in [-0.2, 0) is 9.84 Å². The Morgan fingerprint density at radius 3 is 2.36 bits per heavy atom. The van der Waals surface area contributed by atoms with E-state index in [4.69, 9.17) is 0 Å². The topological polar surface area (TPSA) is 113 Å². The molecule has 0 aliphatic carbocycles. The van der Waals surface area contributed by atoms with Gasteiger partial charge in [0.05, 0.1) is 21.8 Å². The molecule has 144 valence electrons. The number of carbonyl (C=O) groups is 1. The maximum Gasteiger partial charge on any atom is 0.254 e. The molecular weight excluding hydrogens is 378 g/mol. The molecule has 0 radical (unpaired) electrons. The highest BCUT2D eigenvalue weighted by molar-refractivity contribution is 7.90. The van der Waals surface area contributed by atoms with Gasteiger partial charge in [0.15, 0.2) is 9.84 Å². The Balaban J connectivity index is 2.03. The van der Waals surface area contributed by atoms with E-state index >= 15 is 0 Å². The monoisotopic (exact) mass is 397 g/mol. The van der Waals surface area contributed by atoms with Crippen LogP contribution in [-0.4, -0.2) is 37.6 Å². The molecule has 0 aliphatic rings. The van der Waals surface area contributed by atoms with Crippen LogP contribution in [0.3, 0.4) is 0 Å². The van der Waals surface area contributed by atoms with E-state index in [1.54, 1.807) is 42.6 Å².